The monoisotopic (exact) mass is 270 g/mol. The van der Waals surface area contributed by atoms with Crippen LogP contribution >= 0.6 is 0 Å². The van der Waals surface area contributed by atoms with E-state index in [2.05, 4.69) is 41.5 Å². The molecule has 2 aromatic rings. The molecule has 0 amide bonds. The van der Waals surface area contributed by atoms with Gasteiger partial charge < -0.3 is 10.2 Å². The minimum absolute atomic E-state index is 0.177. The van der Waals surface area contributed by atoms with Crippen molar-refractivity contribution in [3.05, 3.63) is 65.5 Å². The molecule has 1 heterocycles. The first-order valence-corrected chi connectivity index (χ1v) is 6.98. The largest absolute Gasteiger partial charge is 0.380 e. The quantitative estimate of drug-likeness (QED) is 0.917. The van der Waals surface area contributed by atoms with E-state index in [9.17, 15) is 4.39 Å². The molecule has 0 aliphatic carbocycles. The Morgan fingerprint density at radius 1 is 1.15 bits per heavy atom. The molecule has 1 unspecified atom stereocenters. The van der Waals surface area contributed by atoms with Gasteiger partial charge in [0.05, 0.1) is 0 Å². The summed E-state index contributed by atoms with van der Waals surface area (Å²) >= 11 is 0. The Balaban J connectivity index is 1.55. The van der Waals surface area contributed by atoms with Crippen LogP contribution in [0, 0.1) is 5.82 Å². The van der Waals surface area contributed by atoms with E-state index in [1.807, 2.05) is 12.1 Å². The van der Waals surface area contributed by atoms with Gasteiger partial charge in [0, 0.05) is 24.8 Å². The van der Waals surface area contributed by atoms with Gasteiger partial charge in [-0.1, -0.05) is 30.3 Å². The van der Waals surface area contributed by atoms with Gasteiger partial charge in [0.2, 0.25) is 0 Å². The van der Waals surface area contributed by atoms with Crippen molar-refractivity contribution in [3.8, 4) is 0 Å². The van der Waals surface area contributed by atoms with Gasteiger partial charge in [0.15, 0.2) is 0 Å². The van der Waals surface area contributed by atoms with Crippen molar-refractivity contribution in [2.45, 2.75) is 19.0 Å². The molecule has 1 N–H and O–H groups in total. The Kier molecular flexibility index (Phi) is 3.70. The van der Waals surface area contributed by atoms with Gasteiger partial charge in [0.1, 0.15) is 5.82 Å². The number of hydrogen-bond acceptors (Lipinski definition) is 2. The highest BCUT2D eigenvalue weighted by molar-refractivity contribution is 5.56. The molecule has 0 aromatic heterocycles. The lowest BCUT2D eigenvalue weighted by Crippen LogP contribution is -2.32. The predicted molar refractivity (Wildman–Crippen MR) is 80.3 cm³/mol. The first-order chi connectivity index (χ1) is 9.70. The molecular weight excluding hydrogens is 251 g/mol. The number of anilines is 1. The second-order valence-corrected chi connectivity index (χ2v) is 5.53. The average Bonchev–Trinajstić information content (AvgIpc) is 2.83. The van der Waals surface area contributed by atoms with Crippen LogP contribution in [0.2, 0.25) is 0 Å². The van der Waals surface area contributed by atoms with Crippen LogP contribution in [0.4, 0.5) is 10.1 Å². The lowest BCUT2D eigenvalue weighted by Gasteiger charge is -2.21. The van der Waals surface area contributed by atoms with Gasteiger partial charge in [-0.2, -0.15) is 0 Å². The Hall–Kier alpha value is -1.87. The fraction of sp³-hybridized carbons (Fsp3) is 0.294. The maximum Gasteiger partial charge on any atom is 0.123 e. The number of para-hydroxylation sites is 1. The third-order valence-electron chi connectivity index (χ3n) is 3.74. The van der Waals surface area contributed by atoms with E-state index in [0.29, 0.717) is 6.04 Å². The van der Waals surface area contributed by atoms with Crippen LogP contribution in [0.15, 0.2) is 48.5 Å². The van der Waals surface area contributed by atoms with Crippen molar-refractivity contribution in [1.29, 1.82) is 0 Å². The Morgan fingerprint density at radius 3 is 2.65 bits per heavy atom. The van der Waals surface area contributed by atoms with E-state index in [4.69, 9.17) is 0 Å². The number of nitrogens with zero attached hydrogens (tertiary/aromatic N) is 1. The van der Waals surface area contributed by atoms with Crippen molar-refractivity contribution in [1.82, 2.24) is 4.90 Å². The van der Waals surface area contributed by atoms with Crippen LogP contribution in [0.3, 0.4) is 0 Å². The van der Waals surface area contributed by atoms with Crippen molar-refractivity contribution in [2.75, 3.05) is 18.9 Å². The molecule has 2 aromatic carbocycles. The minimum Gasteiger partial charge on any atom is -0.380 e. The smallest absolute Gasteiger partial charge is 0.123 e. The summed E-state index contributed by atoms with van der Waals surface area (Å²) in [5.41, 5.74) is 3.80. The number of benzene rings is 2. The van der Waals surface area contributed by atoms with Gasteiger partial charge in [-0.15, -0.1) is 0 Å². The second-order valence-electron chi connectivity index (χ2n) is 5.53. The number of halogens is 1. The molecular formula is C17H19FN2. The number of hydrogen-bond donors (Lipinski definition) is 1. The molecule has 0 bridgehead atoms. The molecule has 0 saturated carbocycles. The Labute approximate surface area is 119 Å². The van der Waals surface area contributed by atoms with Crippen LogP contribution in [0.5, 0.6) is 0 Å². The van der Waals surface area contributed by atoms with E-state index in [1.54, 1.807) is 0 Å². The zero-order valence-corrected chi connectivity index (χ0v) is 11.6. The van der Waals surface area contributed by atoms with Crippen LogP contribution in [-0.4, -0.2) is 24.5 Å². The molecule has 0 saturated heterocycles. The normalized spacial score (nSPS) is 17.1. The standard InChI is InChI=1S/C17H19FN2/c1-20(11-13-6-8-15(18)9-7-13)12-16-10-14-4-2-3-5-17(14)19-16/h2-9,16,19H,10-12H2,1H3. The summed E-state index contributed by atoms with van der Waals surface area (Å²) < 4.78 is 12.9. The molecule has 1 aliphatic rings. The van der Waals surface area contributed by atoms with Gasteiger partial charge in [-0.25, -0.2) is 4.39 Å². The zero-order chi connectivity index (χ0) is 13.9. The Morgan fingerprint density at radius 2 is 1.90 bits per heavy atom. The maximum atomic E-state index is 12.9. The number of fused-ring (bicyclic) bond motifs is 1. The van der Waals surface area contributed by atoms with Crippen LogP contribution in [-0.2, 0) is 13.0 Å². The fourth-order valence-electron chi connectivity index (χ4n) is 2.83. The molecule has 0 fully saturated rings. The first-order valence-electron chi connectivity index (χ1n) is 6.98. The van der Waals surface area contributed by atoms with Gasteiger partial charge in [-0.05, 0) is 42.8 Å². The highest BCUT2D eigenvalue weighted by atomic mass is 19.1. The lowest BCUT2D eigenvalue weighted by atomic mass is 10.1. The van der Waals surface area contributed by atoms with Crippen LogP contribution in [0.1, 0.15) is 11.1 Å². The molecule has 104 valence electrons. The third kappa shape index (κ3) is 2.99. The minimum atomic E-state index is -0.177. The SMILES string of the molecule is CN(Cc1ccc(F)cc1)CC1Cc2ccccc2N1. The first kappa shape index (κ1) is 13.1. The molecule has 3 heteroatoms. The van der Waals surface area contributed by atoms with E-state index in [1.165, 1.54) is 23.4 Å². The summed E-state index contributed by atoms with van der Waals surface area (Å²) in [7, 11) is 2.11. The maximum absolute atomic E-state index is 12.9. The van der Waals surface area contributed by atoms with Gasteiger partial charge in [0.25, 0.3) is 0 Å². The highest BCUT2D eigenvalue weighted by Gasteiger charge is 2.20. The van der Waals surface area contributed by atoms with Crippen LogP contribution in [0.25, 0.3) is 0 Å². The topological polar surface area (TPSA) is 15.3 Å². The predicted octanol–water partition coefficient (Wildman–Crippen LogP) is 3.29. The number of nitrogens with one attached hydrogen (secondary N) is 1. The van der Waals surface area contributed by atoms with Gasteiger partial charge in [-0.3, -0.25) is 0 Å². The molecule has 20 heavy (non-hydrogen) atoms. The van der Waals surface area contributed by atoms with Crippen molar-refractivity contribution < 1.29 is 4.39 Å². The lowest BCUT2D eigenvalue weighted by molar-refractivity contribution is 0.312. The van der Waals surface area contributed by atoms with E-state index >= 15 is 0 Å². The molecule has 0 spiro atoms. The van der Waals surface area contributed by atoms with E-state index < -0.39 is 0 Å². The summed E-state index contributed by atoms with van der Waals surface area (Å²) in [6.45, 7) is 1.82. The molecule has 0 radical (unpaired) electrons. The van der Waals surface area contributed by atoms with Gasteiger partial charge >= 0.3 is 0 Å². The van der Waals surface area contributed by atoms with Crippen molar-refractivity contribution in [3.63, 3.8) is 0 Å². The summed E-state index contributed by atoms with van der Waals surface area (Å²) in [5.74, 6) is -0.177. The second kappa shape index (κ2) is 5.63. The van der Waals surface area contributed by atoms with Crippen molar-refractivity contribution >= 4 is 5.69 Å². The molecule has 3 rings (SSSR count). The third-order valence-corrected chi connectivity index (χ3v) is 3.74. The summed E-state index contributed by atoms with van der Waals surface area (Å²) in [5, 5.41) is 3.56. The van der Waals surface area contributed by atoms with E-state index in [0.717, 1.165) is 25.1 Å². The van der Waals surface area contributed by atoms with Crippen LogP contribution < -0.4 is 5.32 Å². The summed E-state index contributed by atoms with van der Waals surface area (Å²) in [4.78, 5) is 2.27. The number of rotatable bonds is 4. The molecule has 1 atom stereocenters. The number of likely N-dealkylation sites (N-methyl/N-ethyl adjacent to an activating group) is 1. The summed E-state index contributed by atoms with van der Waals surface area (Å²) in [6, 6.07) is 15.7. The van der Waals surface area contributed by atoms with Crippen molar-refractivity contribution in [2.24, 2.45) is 0 Å². The summed E-state index contributed by atoms with van der Waals surface area (Å²) in [6.07, 6.45) is 1.07. The van der Waals surface area contributed by atoms with E-state index in [-0.39, 0.29) is 5.82 Å². The Bertz CT molecular complexity index is 555. The fourth-order valence-corrected chi connectivity index (χ4v) is 2.83. The highest BCUT2D eigenvalue weighted by Crippen LogP contribution is 2.25. The molecule has 1 aliphatic heterocycles. The molecule has 2 nitrogen and oxygen atoms in total. The average molecular weight is 270 g/mol. The zero-order valence-electron chi connectivity index (χ0n) is 11.6.